The largest absolute Gasteiger partial charge is 0.508 e. The number of rotatable bonds is 2. The highest BCUT2D eigenvalue weighted by atomic mass is 32.1. The standard InChI is InChI=1S/C14H15N3O2S/c18-12-3-1-2-11(10-12)13(19)16-5-7-17(8-6-16)14-15-4-9-20-14/h1-4,9-10,18H,5-8H2. The van der Waals surface area contributed by atoms with Crippen LogP contribution in [0.4, 0.5) is 5.13 Å². The van der Waals surface area contributed by atoms with Gasteiger partial charge in [-0.25, -0.2) is 4.98 Å². The molecule has 0 unspecified atom stereocenters. The number of benzene rings is 1. The number of phenols is 1. The Morgan fingerprint density at radius 3 is 2.70 bits per heavy atom. The first kappa shape index (κ1) is 12.9. The van der Waals surface area contributed by atoms with Gasteiger partial charge in [0.2, 0.25) is 0 Å². The predicted octanol–water partition coefficient (Wildman–Crippen LogP) is 1.81. The summed E-state index contributed by atoms with van der Waals surface area (Å²) in [5.41, 5.74) is 0.535. The summed E-state index contributed by atoms with van der Waals surface area (Å²) in [5.74, 6) is 0.0944. The van der Waals surface area contributed by atoms with Crippen molar-refractivity contribution in [1.29, 1.82) is 0 Å². The molecule has 0 bridgehead atoms. The number of hydrogen-bond acceptors (Lipinski definition) is 5. The number of piperazine rings is 1. The van der Waals surface area contributed by atoms with Crippen LogP contribution < -0.4 is 4.90 Å². The van der Waals surface area contributed by atoms with Gasteiger partial charge in [0.1, 0.15) is 5.75 Å². The van der Waals surface area contributed by atoms with E-state index in [0.29, 0.717) is 18.7 Å². The van der Waals surface area contributed by atoms with Crippen LogP contribution >= 0.6 is 11.3 Å². The van der Waals surface area contributed by atoms with Crippen LogP contribution in [0.2, 0.25) is 0 Å². The average molecular weight is 289 g/mol. The summed E-state index contributed by atoms with van der Waals surface area (Å²) < 4.78 is 0. The van der Waals surface area contributed by atoms with Crippen molar-refractivity contribution in [3.8, 4) is 5.75 Å². The number of nitrogens with zero attached hydrogens (tertiary/aromatic N) is 3. The second-order valence-corrected chi connectivity index (χ2v) is 5.52. The SMILES string of the molecule is O=C(c1cccc(O)c1)N1CCN(c2nccs2)CC1. The molecule has 2 heterocycles. The number of amides is 1. The van der Waals surface area contributed by atoms with Gasteiger partial charge in [-0.15, -0.1) is 11.3 Å². The topological polar surface area (TPSA) is 56.7 Å². The first-order chi connectivity index (χ1) is 9.74. The molecule has 20 heavy (non-hydrogen) atoms. The van der Waals surface area contributed by atoms with Gasteiger partial charge < -0.3 is 14.9 Å². The molecule has 1 amide bonds. The van der Waals surface area contributed by atoms with Crippen LogP contribution in [0.3, 0.4) is 0 Å². The molecule has 0 spiro atoms. The Kier molecular flexibility index (Phi) is 3.56. The Labute approximate surface area is 121 Å². The lowest BCUT2D eigenvalue weighted by molar-refractivity contribution is 0.0746. The summed E-state index contributed by atoms with van der Waals surface area (Å²) in [6.07, 6.45) is 1.80. The maximum absolute atomic E-state index is 12.3. The molecular formula is C14H15N3O2S. The van der Waals surface area contributed by atoms with Crippen molar-refractivity contribution in [3.05, 3.63) is 41.4 Å². The van der Waals surface area contributed by atoms with E-state index in [9.17, 15) is 9.90 Å². The molecular weight excluding hydrogens is 274 g/mol. The monoisotopic (exact) mass is 289 g/mol. The lowest BCUT2D eigenvalue weighted by Gasteiger charge is -2.34. The van der Waals surface area contributed by atoms with Gasteiger partial charge in [0, 0.05) is 43.3 Å². The van der Waals surface area contributed by atoms with Crippen LogP contribution in [0, 0.1) is 0 Å². The molecule has 1 aromatic heterocycles. The van der Waals surface area contributed by atoms with Crippen molar-refractivity contribution < 1.29 is 9.90 Å². The molecule has 0 radical (unpaired) electrons. The van der Waals surface area contributed by atoms with Crippen molar-refractivity contribution in [2.24, 2.45) is 0 Å². The lowest BCUT2D eigenvalue weighted by Crippen LogP contribution is -2.48. The van der Waals surface area contributed by atoms with Crippen LogP contribution in [-0.2, 0) is 0 Å². The van der Waals surface area contributed by atoms with E-state index in [1.165, 1.54) is 6.07 Å². The van der Waals surface area contributed by atoms with E-state index in [4.69, 9.17) is 0 Å². The molecule has 0 aliphatic carbocycles. The molecule has 0 saturated carbocycles. The van der Waals surface area contributed by atoms with Gasteiger partial charge in [-0.3, -0.25) is 4.79 Å². The molecule has 6 heteroatoms. The first-order valence-corrected chi connectivity index (χ1v) is 7.35. The number of phenolic OH excluding ortho intramolecular Hbond substituents is 1. The minimum Gasteiger partial charge on any atom is -0.508 e. The third-order valence-corrected chi connectivity index (χ3v) is 4.18. The Morgan fingerprint density at radius 2 is 2.05 bits per heavy atom. The second kappa shape index (κ2) is 5.50. The summed E-state index contributed by atoms with van der Waals surface area (Å²) in [6.45, 7) is 2.93. The number of aromatic nitrogens is 1. The van der Waals surface area contributed by atoms with E-state index in [0.717, 1.165) is 18.2 Å². The lowest BCUT2D eigenvalue weighted by atomic mass is 10.1. The van der Waals surface area contributed by atoms with E-state index < -0.39 is 0 Å². The molecule has 3 rings (SSSR count). The van der Waals surface area contributed by atoms with Gasteiger partial charge in [-0.05, 0) is 18.2 Å². The average Bonchev–Trinajstić information content (AvgIpc) is 3.01. The van der Waals surface area contributed by atoms with Crippen molar-refractivity contribution in [2.45, 2.75) is 0 Å². The van der Waals surface area contributed by atoms with Crippen molar-refractivity contribution >= 4 is 22.4 Å². The van der Waals surface area contributed by atoms with E-state index in [-0.39, 0.29) is 11.7 Å². The molecule has 1 aromatic carbocycles. The minimum atomic E-state index is -0.0281. The molecule has 1 saturated heterocycles. The Hall–Kier alpha value is -2.08. The van der Waals surface area contributed by atoms with E-state index >= 15 is 0 Å². The number of carbonyl (C=O) groups excluding carboxylic acids is 1. The molecule has 1 fully saturated rings. The highest BCUT2D eigenvalue weighted by Crippen LogP contribution is 2.20. The fourth-order valence-electron chi connectivity index (χ4n) is 2.29. The minimum absolute atomic E-state index is 0.0281. The molecule has 5 nitrogen and oxygen atoms in total. The van der Waals surface area contributed by atoms with E-state index in [1.807, 2.05) is 10.3 Å². The molecule has 1 aliphatic rings. The Morgan fingerprint density at radius 1 is 1.25 bits per heavy atom. The van der Waals surface area contributed by atoms with Crippen LogP contribution in [-0.4, -0.2) is 47.1 Å². The summed E-state index contributed by atoms with van der Waals surface area (Å²) in [5, 5.41) is 12.4. The van der Waals surface area contributed by atoms with E-state index in [1.54, 1.807) is 35.7 Å². The van der Waals surface area contributed by atoms with Gasteiger partial charge in [0.25, 0.3) is 5.91 Å². The number of anilines is 1. The Bertz CT molecular complexity index is 592. The normalized spacial score (nSPS) is 15.4. The fraction of sp³-hybridized carbons (Fsp3) is 0.286. The van der Waals surface area contributed by atoms with Gasteiger partial charge in [0.05, 0.1) is 0 Å². The van der Waals surface area contributed by atoms with Gasteiger partial charge in [0.15, 0.2) is 5.13 Å². The second-order valence-electron chi connectivity index (χ2n) is 4.64. The molecule has 0 atom stereocenters. The zero-order valence-electron chi connectivity index (χ0n) is 10.9. The van der Waals surface area contributed by atoms with Crippen molar-refractivity contribution in [1.82, 2.24) is 9.88 Å². The number of aromatic hydroxyl groups is 1. The molecule has 2 aromatic rings. The van der Waals surface area contributed by atoms with E-state index in [2.05, 4.69) is 9.88 Å². The van der Waals surface area contributed by atoms with Crippen LogP contribution in [0.5, 0.6) is 5.75 Å². The first-order valence-electron chi connectivity index (χ1n) is 6.47. The smallest absolute Gasteiger partial charge is 0.254 e. The third-order valence-electron chi connectivity index (χ3n) is 3.35. The number of thiazole rings is 1. The predicted molar refractivity (Wildman–Crippen MR) is 78.3 cm³/mol. The highest BCUT2D eigenvalue weighted by Gasteiger charge is 2.23. The van der Waals surface area contributed by atoms with Gasteiger partial charge >= 0.3 is 0 Å². The zero-order valence-corrected chi connectivity index (χ0v) is 11.7. The number of carbonyl (C=O) groups is 1. The zero-order chi connectivity index (χ0) is 13.9. The maximum Gasteiger partial charge on any atom is 0.254 e. The van der Waals surface area contributed by atoms with Crippen molar-refractivity contribution in [3.63, 3.8) is 0 Å². The van der Waals surface area contributed by atoms with Crippen LogP contribution in [0.25, 0.3) is 0 Å². The third kappa shape index (κ3) is 2.60. The summed E-state index contributed by atoms with van der Waals surface area (Å²) >= 11 is 1.62. The molecule has 1 aliphatic heterocycles. The molecule has 1 N–H and O–H groups in total. The summed E-state index contributed by atoms with van der Waals surface area (Å²) in [4.78, 5) is 20.6. The number of hydrogen-bond donors (Lipinski definition) is 1. The maximum atomic E-state index is 12.3. The van der Waals surface area contributed by atoms with Crippen molar-refractivity contribution in [2.75, 3.05) is 31.1 Å². The van der Waals surface area contributed by atoms with Crippen LogP contribution in [0.1, 0.15) is 10.4 Å². The summed E-state index contributed by atoms with van der Waals surface area (Å²) in [7, 11) is 0. The quantitative estimate of drug-likeness (QED) is 0.916. The summed E-state index contributed by atoms with van der Waals surface area (Å²) in [6, 6.07) is 6.50. The highest BCUT2D eigenvalue weighted by molar-refractivity contribution is 7.13. The molecule has 104 valence electrons. The van der Waals surface area contributed by atoms with Crippen LogP contribution in [0.15, 0.2) is 35.8 Å². The Balaban J connectivity index is 1.65. The van der Waals surface area contributed by atoms with Gasteiger partial charge in [-0.1, -0.05) is 6.07 Å². The van der Waals surface area contributed by atoms with Gasteiger partial charge in [-0.2, -0.15) is 0 Å². The fourth-order valence-corrected chi connectivity index (χ4v) is 2.99.